The van der Waals surface area contributed by atoms with E-state index in [-0.39, 0.29) is 18.2 Å². The van der Waals surface area contributed by atoms with E-state index >= 15 is 0 Å². The Morgan fingerprint density at radius 1 is 1.16 bits per heavy atom. The average Bonchev–Trinajstić information content (AvgIpc) is 3.24. The van der Waals surface area contributed by atoms with Gasteiger partial charge in [0.2, 0.25) is 0 Å². The summed E-state index contributed by atoms with van der Waals surface area (Å²) in [5.74, 6) is -1.30. The van der Waals surface area contributed by atoms with Crippen LogP contribution >= 0.6 is 0 Å². The van der Waals surface area contributed by atoms with Crippen molar-refractivity contribution in [2.75, 3.05) is 49.8 Å². The standard InChI is InChI=1S/C28H30FN5O4/c1-32-23-13-20(33-17-28(18-33)9-11-37-12-10-28)7-8-24(23)38-16-22(27(32)36)30-26(35)25-21(29)15-34(31-25)14-19-5-3-2-4-6-19/h2-8,13,15,22H,9-12,14,16-18H2,1H3,(H,30,35)/t22-/m1/s1. The van der Waals surface area contributed by atoms with Crippen LogP contribution in [0.3, 0.4) is 0 Å². The van der Waals surface area contributed by atoms with E-state index in [1.54, 1.807) is 7.05 Å². The fourth-order valence-electron chi connectivity index (χ4n) is 5.48. The van der Waals surface area contributed by atoms with Crippen molar-refractivity contribution >= 4 is 23.2 Å². The van der Waals surface area contributed by atoms with Crippen molar-refractivity contribution < 1.29 is 23.5 Å². The van der Waals surface area contributed by atoms with E-state index in [4.69, 9.17) is 9.47 Å². The first-order chi connectivity index (χ1) is 18.4. The number of hydrogen-bond acceptors (Lipinski definition) is 6. The number of carbonyl (C=O) groups is 2. The molecule has 1 aromatic heterocycles. The van der Waals surface area contributed by atoms with E-state index in [0.29, 0.717) is 23.4 Å². The van der Waals surface area contributed by atoms with Crippen LogP contribution in [0.2, 0.25) is 0 Å². The molecule has 0 unspecified atom stereocenters. The number of benzene rings is 2. The minimum Gasteiger partial charge on any atom is -0.489 e. The van der Waals surface area contributed by atoms with E-state index in [1.807, 2.05) is 48.5 Å². The van der Waals surface area contributed by atoms with Crippen LogP contribution in [0.15, 0.2) is 54.7 Å². The van der Waals surface area contributed by atoms with E-state index in [0.717, 1.165) is 50.4 Å². The van der Waals surface area contributed by atoms with Crippen molar-refractivity contribution in [2.45, 2.75) is 25.4 Å². The molecule has 0 saturated carbocycles. The SMILES string of the molecule is CN1C(=O)[C@H](NC(=O)c2nn(Cc3ccccc3)cc2F)COc2ccc(N3CC4(CCOCC4)C3)cc21. The summed E-state index contributed by atoms with van der Waals surface area (Å²) in [5.41, 5.74) is 2.55. The highest BCUT2D eigenvalue weighted by Crippen LogP contribution is 2.44. The summed E-state index contributed by atoms with van der Waals surface area (Å²) in [7, 11) is 1.66. The molecule has 1 N–H and O–H groups in total. The lowest BCUT2D eigenvalue weighted by molar-refractivity contribution is -0.120. The second-order valence-corrected chi connectivity index (χ2v) is 10.4. The van der Waals surface area contributed by atoms with Crippen molar-refractivity contribution in [1.29, 1.82) is 0 Å². The molecule has 0 bridgehead atoms. The van der Waals surface area contributed by atoms with Crippen molar-refractivity contribution in [1.82, 2.24) is 15.1 Å². The van der Waals surface area contributed by atoms with Crippen molar-refractivity contribution in [3.8, 4) is 5.75 Å². The molecule has 9 nitrogen and oxygen atoms in total. The van der Waals surface area contributed by atoms with E-state index < -0.39 is 17.8 Å². The molecule has 2 saturated heterocycles. The highest BCUT2D eigenvalue weighted by atomic mass is 19.1. The number of aromatic nitrogens is 2. The molecule has 0 radical (unpaired) electrons. The molecule has 1 spiro atoms. The van der Waals surface area contributed by atoms with Gasteiger partial charge in [0.25, 0.3) is 11.8 Å². The molecule has 1 atom stereocenters. The maximum atomic E-state index is 14.6. The Bertz CT molecular complexity index is 1350. The third-order valence-electron chi connectivity index (χ3n) is 7.73. The summed E-state index contributed by atoms with van der Waals surface area (Å²) in [6.07, 6.45) is 3.32. The number of nitrogens with zero attached hydrogens (tertiary/aromatic N) is 4. The Balaban J connectivity index is 1.13. The van der Waals surface area contributed by atoms with E-state index in [1.165, 1.54) is 15.8 Å². The third-order valence-corrected chi connectivity index (χ3v) is 7.73. The Kier molecular flexibility index (Phi) is 6.27. The summed E-state index contributed by atoms with van der Waals surface area (Å²) < 4.78 is 27.4. The number of ether oxygens (including phenoxy) is 2. The van der Waals surface area contributed by atoms with Crippen LogP contribution in [0.25, 0.3) is 0 Å². The quantitative estimate of drug-likeness (QED) is 0.558. The van der Waals surface area contributed by atoms with Crippen LogP contribution in [-0.4, -0.2) is 67.6 Å². The van der Waals surface area contributed by atoms with Crippen LogP contribution in [0, 0.1) is 11.2 Å². The predicted octanol–water partition coefficient (Wildman–Crippen LogP) is 2.84. The molecule has 2 amide bonds. The van der Waals surface area contributed by atoms with Gasteiger partial charge in [-0.1, -0.05) is 30.3 Å². The topological polar surface area (TPSA) is 88.9 Å². The molecule has 3 aliphatic rings. The molecule has 38 heavy (non-hydrogen) atoms. The largest absolute Gasteiger partial charge is 0.489 e. The van der Waals surface area contributed by atoms with Crippen molar-refractivity contribution in [3.05, 3.63) is 71.8 Å². The molecular weight excluding hydrogens is 489 g/mol. The molecule has 2 fully saturated rings. The Hall–Kier alpha value is -3.92. The molecular formula is C28H30FN5O4. The fourth-order valence-corrected chi connectivity index (χ4v) is 5.48. The molecule has 10 heteroatoms. The Labute approximate surface area is 220 Å². The van der Waals surface area contributed by atoms with Gasteiger partial charge in [-0.2, -0.15) is 5.10 Å². The highest BCUT2D eigenvalue weighted by Gasteiger charge is 2.44. The highest BCUT2D eigenvalue weighted by molar-refractivity contribution is 6.03. The van der Waals surface area contributed by atoms with Gasteiger partial charge in [-0.3, -0.25) is 14.3 Å². The van der Waals surface area contributed by atoms with E-state index in [2.05, 4.69) is 15.3 Å². The number of hydrogen-bond donors (Lipinski definition) is 1. The zero-order valence-electron chi connectivity index (χ0n) is 21.2. The van der Waals surface area contributed by atoms with Crippen LogP contribution in [0.5, 0.6) is 5.75 Å². The minimum atomic E-state index is -0.989. The Morgan fingerprint density at radius 3 is 2.68 bits per heavy atom. The zero-order chi connectivity index (χ0) is 26.3. The lowest BCUT2D eigenvalue weighted by Gasteiger charge is -2.53. The first-order valence-corrected chi connectivity index (χ1v) is 12.9. The number of halogens is 1. The molecule has 4 heterocycles. The first-order valence-electron chi connectivity index (χ1n) is 12.9. The van der Waals surface area contributed by atoms with Crippen molar-refractivity contribution in [3.63, 3.8) is 0 Å². The second kappa shape index (κ2) is 9.75. The van der Waals surface area contributed by atoms with Gasteiger partial charge in [-0.05, 0) is 36.6 Å². The van der Waals surface area contributed by atoms with Gasteiger partial charge < -0.3 is 24.6 Å². The van der Waals surface area contributed by atoms with Crippen molar-refractivity contribution in [2.24, 2.45) is 5.41 Å². The molecule has 0 aliphatic carbocycles. The van der Waals surface area contributed by atoms with Crippen LogP contribution in [-0.2, 0) is 16.1 Å². The maximum Gasteiger partial charge on any atom is 0.275 e. The number of rotatable bonds is 5. The summed E-state index contributed by atoms with van der Waals surface area (Å²) in [4.78, 5) is 30.0. The molecule has 3 aromatic rings. The number of fused-ring (bicyclic) bond motifs is 1. The number of amides is 2. The summed E-state index contributed by atoms with van der Waals surface area (Å²) in [5, 5.41) is 6.72. The minimum absolute atomic E-state index is 0.0690. The van der Waals surface area contributed by atoms with Crippen LogP contribution in [0.4, 0.5) is 15.8 Å². The van der Waals surface area contributed by atoms with E-state index in [9.17, 15) is 14.0 Å². The second-order valence-electron chi connectivity index (χ2n) is 10.4. The van der Waals surface area contributed by atoms with Crippen LogP contribution < -0.4 is 19.9 Å². The summed E-state index contributed by atoms with van der Waals surface area (Å²) in [6, 6.07) is 14.3. The van der Waals surface area contributed by atoms with Gasteiger partial charge in [-0.25, -0.2) is 4.39 Å². The molecule has 6 rings (SSSR count). The zero-order valence-corrected chi connectivity index (χ0v) is 21.2. The smallest absolute Gasteiger partial charge is 0.275 e. The normalized spacial score (nSPS) is 20.4. The van der Waals surface area contributed by atoms with Crippen LogP contribution in [0.1, 0.15) is 28.9 Å². The Morgan fingerprint density at radius 2 is 1.92 bits per heavy atom. The average molecular weight is 520 g/mol. The maximum absolute atomic E-state index is 14.6. The predicted molar refractivity (Wildman–Crippen MR) is 139 cm³/mol. The molecule has 2 aromatic carbocycles. The van der Waals surface area contributed by atoms with Gasteiger partial charge in [0.1, 0.15) is 18.4 Å². The summed E-state index contributed by atoms with van der Waals surface area (Å²) >= 11 is 0. The number of carbonyl (C=O) groups excluding carboxylic acids is 2. The van der Waals surface area contributed by atoms with Gasteiger partial charge >= 0.3 is 0 Å². The lowest BCUT2D eigenvalue weighted by atomic mass is 9.73. The van der Waals surface area contributed by atoms with Gasteiger partial charge in [-0.15, -0.1) is 0 Å². The van der Waals surface area contributed by atoms with Gasteiger partial charge in [0, 0.05) is 44.5 Å². The summed E-state index contributed by atoms with van der Waals surface area (Å²) in [6.45, 7) is 3.81. The first kappa shape index (κ1) is 24.4. The number of likely N-dealkylation sites (N-methyl/N-ethyl adjacent to an activating group) is 1. The van der Waals surface area contributed by atoms with Gasteiger partial charge in [0.05, 0.1) is 18.4 Å². The fraction of sp³-hybridized carbons (Fsp3) is 0.393. The van der Waals surface area contributed by atoms with Gasteiger partial charge in [0.15, 0.2) is 11.5 Å². The number of anilines is 2. The monoisotopic (exact) mass is 519 g/mol. The molecule has 198 valence electrons. The third kappa shape index (κ3) is 4.60. The lowest BCUT2D eigenvalue weighted by Crippen LogP contribution is -2.58. The molecule has 3 aliphatic heterocycles. The number of nitrogens with one attached hydrogen (secondary N) is 1.